The average molecular weight is 284 g/mol. The van der Waals surface area contributed by atoms with Crippen LogP contribution in [0, 0.1) is 0 Å². The van der Waals surface area contributed by atoms with Crippen molar-refractivity contribution in [3.63, 3.8) is 0 Å². The highest BCUT2D eigenvalue weighted by Crippen LogP contribution is 2.25. The number of phenols is 1. The second-order valence-corrected chi connectivity index (χ2v) is 4.88. The quantitative estimate of drug-likeness (QED) is 0.437. The Kier molecular flexibility index (Phi) is 3.39. The molecule has 0 bridgehead atoms. The summed E-state index contributed by atoms with van der Waals surface area (Å²) in [4.78, 5) is 13.1. The van der Waals surface area contributed by atoms with Gasteiger partial charge >= 0.3 is 0 Å². The van der Waals surface area contributed by atoms with Crippen LogP contribution in [0.15, 0.2) is 47.8 Å². The van der Waals surface area contributed by atoms with E-state index in [1.165, 1.54) is 11.8 Å². The van der Waals surface area contributed by atoms with E-state index in [1.807, 2.05) is 18.4 Å². The number of aromatic nitrogens is 3. The molecule has 3 aromatic rings. The van der Waals surface area contributed by atoms with Crippen LogP contribution in [0.3, 0.4) is 0 Å². The largest absolute Gasteiger partial charge is 0.508 e. The first-order valence-corrected chi connectivity index (χ1v) is 7.21. The Balaban J connectivity index is 2.07. The molecule has 0 unspecified atom stereocenters. The molecule has 0 aliphatic rings. The maximum Gasteiger partial charge on any atom is 0.191 e. The molecule has 6 heteroatoms. The van der Waals surface area contributed by atoms with Gasteiger partial charge in [-0.2, -0.15) is 0 Å². The van der Waals surface area contributed by atoms with Crippen molar-refractivity contribution in [1.29, 1.82) is 0 Å². The van der Waals surface area contributed by atoms with Crippen molar-refractivity contribution in [2.75, 3.05) is 11.6 Å². The van der Waals surface area contributed by atoms with Gasteiger partial charge in [0, 0.05) is 11.9 Å². The lowest BCUT2D eigenvalue weighted by atomic mass is 10.2. The number of rotatable bonds is 3. The molecule has 0 saturated heterocycles. The Labute approximate surface area is 120 Å². The number of phenolic OH excluding ortho intramolecular Hbond substituents is 1. The molecule has 0 amide bonds. The summed E-state index contributed by atoms with van der Waals surface area (Å²) in [6.45, 7) is 0. The number of thioether (sulfide) groups is 1. The van der Waals surface area contributed by atoms with Crippen LogP contribution in [-0.4, -0.2) is 26.3 Å². The minimum Gasteiger partial charge on any atom is -0.508 e. The summed E-state index contributed by atoms with van der Waals surface area (Å²) < 4.78 is 0. The highest BCUT2D eigenvalue weighted by Gasteiger charge is 2.08. The summed E-state index contributed by atoms with van der Waals surface area (Å²) in [6.07, 6.45) is 3.64. The molecule has 2 aromatic heterocycles. The number of nitrogens with one attached hydrogen (secondary N) is 1. The van der Waals surface area contributed by atoms with Crippen molar-refractivity contribution in [2.24, 2.45) is 0 Å². The lowest BCUT2D eigenvalue weighted by Crippen LogP contribution is -1.99. The van der Waals surface area contributed by atoms with Gasteiger partial charge in [-0.1, -0.05) is 11.8 Å². The van der Waals surface area contributed by atoms with Crippen LogP contribution in [-0.2, 0) is 0 Å². The number of anilines is 2. The minimum absolute atomic E-state index is 0.231. The van der Waals surface area contributed by atoms with Crippen molar-refractivity contribution in [1.82, 2.24) is 15.0 Å². The zero-order chi connectivity index (χ0) is 13.9. The van der Waals surface area contributed by atoms with Gasteiger partial charge in [-0.05, 0) is 42.7 Å². The predicted octanol–water partition coefficient (Wildman–Crippen LogP) is 3.20. The van der Waals surface area contributed by atoms with E-state index >= 15 is 0 Å². The van der Waals surface area contributed by atoms with Gasteiger partial charge in [0.05, 0.1) is 5.39 Å². The molecular formula is C14H12N4OS. The summed E-state index contributed by atoms with van der Waals surface area (Å²) >= 11 is 1.47. The highest BCUT2D eigenvalue weighted by atomic mass is 32.2. The molecule has 2 heterocycles. The summed E-state index contributed by atoms with van der Waals surface area (Å²) in [5.41, 5.74) is 1.51. The number of aromatic hydroxyl groups is 1. The van der Waals surface area contributed by atoms with Gasteiger partial charge in [0.15, 0.2) is 10.8 Å². The molecule has 20 heavy (non-hydrogen) atoms. The molecular weight excluding hydrogens is 272 g/mol. The van der Waals surface area contributed by atoms with E-state index in [1.54, 1.807) is 30.5 Å². The number of benzene rings is 1. The second-order valence-electron chi connectivity index (χ2n) is 4.11. The first-order valence-electron chi connectivity index (χ1n) is 5.99. The molecule has 0 spiro atoms. The van der Waals surface area contributed by atoms with Crippen LogP contribution in [0.1, 0.15) is 0 Å². The number of nitrogens with zero attached hydrogens (tertiary/aromatic N) is 3. The van der Waals surface area contributed by atoms with Crippen molar-refractivity contribution in [2.45, 2.75) is 5.16 Å². The minimum atomic E-state index is 0.231. The molecule has 0 saturated carbocycles. The van der Waals surface area contributed by atoms with E-state index < -0.39 is 0 Å². The first-order chi connectivity index (χ1) is 9.76. The molecule has 0 radical (unpaired) electrons. The Hall–Kier alpha value is -2.34. The fourth-order valence-electron chi connectivity index (χ4n) is 1.81. The number of hydrogen-bond acceptors (Lipinski definition) is 6. The Bertz CT molecular complexity index is 746. The molecule has 100 valence electrons. The second kappa shape index (κ2) is 5.34. The van der Waals surface area contributed by atoms with Crippen LogP contribution < -0.4 is 5.32 Å². The van der Waals surface area contributed by atoms with E-state index in [-0.39, 0.29) is 5.75 Å². The number of pyridine rings is 1. The maximum absolute atomic E-state index is 9.31. The topological polar surface area (TPSA) is 70.9 Å². The van der Waals surface area contributed by atoms with Crippen LogP contribution >= 0.6 is 11.8 Å². The predicted molar refractivity (Wildman–Crippen MR) is 80.5 cm³/mol. The van der Waals surface area contributed by atoms with Crippen LogP contribution in [0.4, 0.5) is 11.5 Å². The van der Waals surface area contributed by atoms with Crippen molar-refractivity contribution in [3.8, 4) is 5.75 Å². The van der Waals surface area contributed by atoms with Crippen LogP contribution in [0.25, 0.3) is 11.0 Å². The van der Waals surface area contributed by atoms with Gasteiger partial charge in [-0.25, -0.2) is 15.0 Å². The van der Waals surface area contributed by atoms with Crippen molar-refractivity contribution < 1.29 is 5.11 Å². The van der Waals surface area contributed by atoms with Crippen molar-refractivity contribution in [3.05, 3.63) is 42.6 Å². The molecule has 5 nitrogen and oxygen atoms in total. The third-order valence-corrected chi connectivity index (χ3v) is 3.31. The first kappa shape index (κ1) is 12.7. The molecule has 3 rings (SSSR count). The fourth-order valence-corrected chi connectivity index (χ4v) is 2.17. The molecule has 2 N–H and O–H groups in total. The SMILES string of the molecule is CSc1nc(Nc2ccc(O)cc2)c2cccnc2n1. The number of hydrogen-bond donors (Lipinski definition) is 2. The van der Waals surface area contributed by atoms with Gasteiger partial charge in [0.1, 0.15) is 11.6 Å². The van der Waals surface area contributed by atoms with Gasteiger partial charge < -0.3 is 10.4 Å². The van der Waals surface area contributed by atoms with Gasteiger partial charge in [0.2, 0.25) is 0 Å². The Morgan fingerprint density at radius 1 is 1.10 bits per heavy atom. The Morgan fingerprint density at radius 3 is 2.65 bits per heavy atom. The Morgan fingerprint density at radius 2 is 1.90 bits per heavy atom. The molecule has 1 aromatic carbocycles. The van der Waals surface area contributed by atoms with Gasteiger partial charge in [0.25, 0.3) is 0 Å². The van der Waals surface area contributed by atoms with Crippen LogP contribution in [0.2, 0.25) is 0 Å². The molecule has 0 fully saturated rings. The summed E-state index contributed by atoms with van der Waals surface area (Å²) in [5.74, 6) is 0.938. The summed E-state index contributed by atoms with van der Waals surface area (Å²) in [5, 5.41) is 14.1. The third-order valence-electron chi connectivity index (χ3n) is 2.76. The average Bonchev–Trinajstić information content (AvgIpc) is 2.49. The number of fused-ring (bicyclic) bond motifs is 1. The van der Waals surface area contributed by atoms with Crippen LogP contribution in [0.5, 0.6) is 5.75 Å². The van der Waals surface area contributed by atoms with Gasteiger partial charge in [-0.3, -0.25) is 0 Å². The molecule has 0 aliphatic heterocycles. The van der Waals surface area contributed by atoms with E-state index in [9.17, 15) is 5.11 Å². The standard InChI is InChI=1S/C14H12N4OS/c1-20-14-17-12-11(3-2-8-15-12)13(18-14)16-9-4-6-10(19)7-5-9/h2-8,19H,1H3,(H,15,16,17,18). The lowest BCUT2D eigenvalue weighted by molar-refractivity contribution is 0.475. The monoisotopic (exact) mass is 284 g/mol. The highest BCUT2D eigenvalue weighted by molar-refractivity contribution is 7.98. The van der Waals surface area contributed by atoms with E-state index in [0.717, 1.165) is 11.1 Å². The molecule has 0 atom stereocenters. The smallest absolute Gasteiger partial charge is 0.191 e. The van der Waals surface area contributed by atoms with E-state index in [0.29, 0.717) is 16.6 Å². The van der Waals surface area contributed by atoms with E-state index in [2.05, 4.69) is 20.3 Å². The molecule has 0 aliphatic carbocycles. The zero-order valence-electron chi connectivity index (χ0n) is 10.7. The summed E-state index contributed by atoms with van der Waals surface area (Å²) in [7, 11) is 0. The van der Waals surface area contributed by atoms with Gasteiger partial charge in [-0.15, -0.1) is 0 Å². The fraction of sp³-hybridized carbons (Fsp3) is 0.0714. The van der Waals surface area contributed by atoms with E-state index in [4.69, 9.17) is 0 Å². The normalized spacial score (nSPS) is 10.7. The maximum atomic E-state index is 9.31. The third kappa shape index (κ3) is 2.50. The zero-order valence-corrected chi connectivity index (χ0v) is 11.6. The summed E-state index contributed by atoms with van der Waals surface area (Å²) in [6, 6.07) is 10.6. The van der Waals surface area contributed by atoms with Crippen molar-refractivity contribution >= 4 is 34.3 Å². The lowest BCUT2D eigenvalue weighted by Gasteiger charge is -2.09.